The van der Waals surface area contributed by atoms with Crippen LogP contribution in [0, 0.1) is 0 Å². The lowest BCUT2D eigenvalue weighted by molar-refractivity contribution is -0.124. The van der Waals surface area contributed by atoms with Gasteiger partial charge >= 0.3 is 0 Å². The molecule has 1 aromatic rings. The van der Waals surface area contributed by atoms with E-state index in [1.54, 1.807) is 12.0 Å². The van der Waals surface area contributed by atoms with E-state index < -0.39 is 0 Å². The number of ether oxygens (including phenoxy) is 2. The third-order valence-electron chi connectivity index (χ3n) is 4.13. The van der Waals surface area contributed by atoms with Crippen molar-refractivity contribution >= 4 is 28.3 Å². The van der Waals surface area contributed by atoms with Crippen LogP contribution in [0.2, 0.25) is 0 Å². The van der Waals surface area contributed by atoms with Crippen LogP contribution in [0.1, 0.15) is 25.0 Å². The first-order chi connectivity index (χ1) is 11.2. The predicted molar refractivity (Wildman–Crippen MR) is 85.6 cm³/mol. The van der Waals surface area contributed by atoms with Gasteiger partial charge in [-0.05, 0) is 12.8 Å². The fourth-order valence-corrected chi connectivity index (χ4v) is 3.78. The van der Waals surface area contributed by atoms with Gasteiger partial charge in [0.25, 0.3) is 0 Å². The summed E-state index contributed by atoms with van der Waals surface area (Å²) in [6, 6.07) is -0.125. The fourth-order valence-electron chi connectivity index (χ4n) is 2.91. The molecule has 0 aliphatic carbocycles. The molecule has 2 aliphatic rings. The number of hydrogen-bond donors (Lipinski definition) is 1. The van der Waals surface area contributed by atoms with Crippen LogP contribution >= 0.6 is 11.3 Å². The minimum Gasteiger partial charge on any atom is -0.379 e. The lowest BCUT2D eigenvalue weighted by Gasteiger charge is -2.30. The van der Waals surface area contributed by atoms with E-state index in [9.17, 15) is 9.59 Å². The Hall–Kier alpha value is -1.51. The van der Waals surface area contributed by atoms with Gasteiger partial charge in [0.2, 0.25) is 11.8 Å². The number of nitrogens with zero attached hydrogens (tertiary/aromatic N) is 2. The lowest BCUT2D eigenvalue weighted by Crippen LogP contribution is -2.50. The number of carbonyl (C=O) groups is 2. The average Bonchev–Trinajstić information content (AvgIpc) is 3.16. The van der Waals surface area contributed by atoms with E-state index in [-0.39, 0.29) is 30.4 Å². The van der Waals surface area contributed by atoms with Crippen LogP contribution in [-0.4, -0.2) is 55.8 Å². The lowest BCUT2D eigenvalue weighted by atomic mass is 10.1. The molecule has 2 aliphatic heterocycles. The van der Waals surface area contributed by atoms with Crippen molar-refractivity contribution in [3.05, 3.63) is 11.1 Å². The summed E-state index contributed by atoms with van der Waals surface area (Å²) >= 11 is 1.41. The Kier molecular flexibility index (Phi) is 5.24. The normalized spacial score (nSPS) is 24.9. The Labute approximate surface area is 139 Å². The molecule has 7 nitrogen and oxygen atoms in total. The molecule has 2 atom stereocenters. The van der Waals surface area contributed by atoms with E-state index in [2.05, 4.69) is 10.3 Å². The first-order valence-corrected chi connectivity index (χ1v) is 8.70. The van der Waals surface area contributed by atoms with Crippen molar-refractivity contribution in [2.45, 2.75) is 37.8 Å². The smallest absolute Gasteiger partial charge is 0.228 e. The van der Waals surface area contributed by atoms with Gasteiger partial charge in [-0.2, -0.15) is 0 Å². The molecule has 126 valence electrons. The first-order valence-electron chi connectivity index (χ1n) is 7.82. The Morgan fingerprint density at radius 3 is 3.22 bits per heavy atom. The van der Waals surface area contributed by atoms with Crippen LogP contribution in [0.3, 0.4) is 0 Å². The second-order valence-corrected chi connectivity index (χ2v) is 6.60. The molecule has 0 aromatic carbocycles. The molecule has 0 spiro atoms. The zero-order valence-electron chi connectivity index (χ0n) is 13.1. The van der Waals surface area contributed by atoms with Crippen LogP contribution < -0.4 is 10.2 Å². The number of rotatable bonds is 5. The standard InChI is InChI=1S/C15H21N3O4S/c1-21-12-4-6-22-8-11(12)17-13(19)7-10-9-23-15(16-10)18-5-2-3-14(18)20/h9,11-12H,2-8H2,1H3,(H,17,19)/t11-,12-/m1/s1. The fraction of sp³-hybridized carbons (Fsp3) is 0.667. The first kappa shape index (κ1) is 16.4. The van der Waals surface area contributed by atoms with Crippen molar-refractivity contribution in [2.24, 2.45) is 0 Å². The van der Waals surface area contributed by atoms with Gasteiger partial charge in [-0.1, -0.05) is 0 Å². The minimum atomic E-state index is -0.125. The summed E-state index contributed by atoms with van der Waals surface area (Å²) in [5, 5.41) is 5.48. The summed E-state index contributed by atoms with van der Waals surface area (Å²) in [5.41, 5.74) is 0.688. The SMILES string of the molecule is CO[C@@H]1CCOC[C@H]1NC(=O)Cc1csc(N2CCCC2=O)n1. The quantitative estimate of drug-likeness (QED) is 0.855. The summed E-state index contributed by atoms with van der Waals surface area (Å²) in [6.45, 7) is 1.84. The zero-order chi connectivity index (χ0) is 16.2. The van der Waals surface area contributed by atoms with Crippen molar-refractivity contribution < 1.29 is 19.1 Å². The highest BCUT2D eigenvalue weighted by molar-refractivity contribution is 7.14. The number of nitrogens with one attached hydrogen (secondary N) is 1. The van der Waals surface area contributed by atoms with Crippen LogP contribution in [0.4, 0.5) is 5.13 Å². The molecule has 3 rings (SSSR count). The highest BCUT2D eigenvalue weighted by Crippen LogP contribution is 2.25. The Morgan fingerprint density at radius 1 is 1.61 bits per heavy atom. The van der Waals surface area contributed by atoms with E-state index in [1.165, 1.54) is 11.3 Å². The number of hydrogen-bond acceptors (Lipinski definition) is 6. The topological polar surface area (TPSA) is 80.8 Å². The highest BCUT2D eigenvalue weighted by atomic mass is 32.1. The number of thiazole rings is 1. The van der Waals surface area contributed by atoms with E-state index in [0.29, 0.717) is 37.0 Å². The number of carbonyl (C=O) groups excluding carboxylic acids is 2. The van der Waals surface area contributed by atoms with Crippen molar-refractivity contribution in [2.75, 3.05) is 31.8 Å². The van der Waals surface area contributed by atoms with E-state index in [1.807, 2.05) is 5.38 Å². The number of amides is 2. The minimum absolute atomic E-state index is 0.0130. The Morgan fingerprint density at radius 2 is 2.48 bits per heavy atom. The molecule has 2 fully saturated rings. The zero-order valence-corrected chi connectivity index (χ0v) is 13.9. The molecule has 0 bridgehead atoms. The van der Waals surface area contributed by atoms with Crippen molar-refractivity contribution in [1.29, 1.82) is 0 Å². The molecule has 0 radical (unpaired) electrons. The maximum atomic E-state index is 12.2. The van der Waals surface area contributed by atoms with Crippen LogP contribution in [0.5, 0.6) is 0 Å². The molecule has 23 heavy (non-hydrogen) atoms. The summed E-state index contributed by atoms with van der Waals surface area (Å²) in [7, 11) is 1.65. The second-order valence-electron chi connectivity index (χ2n) is 5.76. The third-order valence-corrected chi connectivity index (χ3v) is 5.04. The van der Waals surface area contributed by atoms with Gasteiger partial charge in [-0.3, -0.25) is 14.5 Å². The molecule has 1 aromatic heterocycles. The molecule has 3 heterocycles. The Balaban J connectivity index is 1.55. The largest absolute Gasteiger partial charge is 0.379 e. The average molecular weight is 339 g/mol. The molecule has 1 N–H and O–H groups in total. The molecule has 2 amide bonds. The monoisotopic (exact) mass is 339 g/mol. The van der Waals surface area contributed by atoms with Gasteiger partial charge in [0.05, 0.1) is 30.9 Å². The number of aromatic nitrogens is 1. The Bertz CT molecular complexity index is 577. The van der Waals surface area contributed by atoms with Crippen LogP contribution in [0.25, 0.3) is 0 Å². The summed E-state index contributed by atoms with van der Waals surface area (Å²) in [5.74, 6) is 0.00444. The van der Waals surface area contributed by atoms with Gasteiger partial charge in [-0.25, -0.2) is 4.98 Å². The van der Waals surface area contributed by atoms with E-state index in [0.717, 1.165) is 12.8 Å². The molecule has 0 unspecified atom stereocenters. The van der Waals surface area contributed by atoms with Gasteiger partial charge in [0.1, 0.15) is 0 Å². The molecule has 0 saturated carbocycles. The van der Waals surface area contributed by atoms with Crippen molar-refractivity contribution in [1.82, 2.24) is 10.3 Å². The van der Waals surface area contributed by atoms with Gasteiger partial charge < -0.3 is 14.8 Å². The van der Waals surface area contributed by atoms with Crippen molar-refractivity contribution in [3.63, 3.8) is 0 Å². The third kappa shape index (κ3) is 3.88. The van der Waals surface area contributed by atoms with Gasteiger partial charge in [0, 0.05) is 32.1 Å². The van der Waals surface area contributed by atoms with Gasteiger partial charge in [0.15, 0.2) is 5.13 Å². The molecule has 2 saturated heterocycles. The maximum absolute atomic E-state index is 12.2. The molecule has 8 heteroatoms. The highest BCUT2D eigenvalue weighted by Gasteiger charge is 2.28. The summed E-state index contributed by atoms with van der Waals surface area (Å²) < 4.78 is 10.8. The van der Waals surface area contributed by atoms with Crippen molar-refractivity contribution in [3.8, 4) is 0 Å². The number of anilines is 1. The van der Waals surface area contributed by atoms with Crippen LogP contribution in [0.15, 0.2) is 5.38 Å². The molecular weight excluding hydrogens is 318 g/mol. The number of methoxy groups -OCH3 is 1. The summed E-state index contributed by atoms with van der Waals surface area (Å²) in [4.78, 5) is 30.0. The second kappa shape index (κ2) is 7.37. The van der Waals surface area contributed by atoms with Crippen LogP contribution in [-0.2, 0) is 25.5 Å². The maximum Gasteiger partial charge on any atom is 0.228 e. The summed E-state index contributed by atoms with van der Waals surface area (Å²) in [6.07, 6.45) is 2.41. The van der Waals surface area contributed by atoms with E-state index >= 15 is 0 Å². The molecular formula is C15H21N3O4S. The van der Waals surface area contributed by atoms with E-state index in [4.69, 9.17) is 9.47 Å². The van der Waals surface area contributed by atoms with Gasteiger partial charge in [-0.15, -0.1) is 11.3 Å². The predicted octanol–water partition coefficient (Wildman–Crippen LogP) is 0.732.